The van der Waals surface area contributed by atoms with Gasteiger partial charge in [-0.25, -0.2) is 4.79 Å². The molecule has 0 radical (unpaired) electrons. The zero-order chi connectivity index (χ0) is 16.8. The molecule has 1 aromatic heterocycles. The van der Waals surface area contributed by atoms with Gasteiger partial charge in [-0.1, -0.05) is 12.1 Å². The van der Waals surface area contributed by atoms with Gasteiger partial charge < -0.3 is 14.7 Å². The lowest BCUT2D eigenvalue weighted by atomic mass is 10.2. The van der Waals surface area contributed by atoms with Crippen molar-refractivity contribution in [1.82, 2.24) is 9.88 Å². The fraction of sp³-hybridized carbons (Fsp3) is 0.333. The van der Waals surface area contributed by atoms with Crippen molar-refractivity contribution in [2.75, 3.05) is 37.7 Å². The van der Waals surface area contributed by atoms with Crippen LogP contribution in [0, 0.1) is 0 Å². The average molecular weight is 327 g/mol. The van der Waals surface area contributed by atoms with Crippen molar-refractivity contribution in [2.24, 2.45) is 0 Å². The summed E-state index contributed by atoms with van der Waals surface area (Å²) in [6.07, 6.45) is 3.70. The SMILES string of the molecule is O=C(O)COc1ccc(CN2CCN(c3cccnc3)CC2)cc1. The Bertz CT molecular complexity index is 653. The molecular formula is C18H21N3O3. The second kappa shape index (κ2) is 7.79. The maximum Gasteiger partial charge on any atom is 0.341 e. The Labute approximate surface area is 141 Å². The van der Waals surface area contributed by atoms with Crippen LogP contribution in [0.3, 0.4) is 0 Å². The first-order chi connectivity index (χ1) is 11.7. The lowest BCUT2D eigenvalue weighted by molar-refractivity contribution is -0.139. The fourth-order valence-electron chi connectivity index (χ4n) is 2.80. The van der Waals surface area contributed by atoms with Gasteiger partial charge in [-0.3, -0.25) is 9.88 Å². The van der Waals surface area contributed by atoms with E-state index in [1.54, 1.807) is 6.20 Å². The van der Waals surface area contributed by atoms with Crippen molar-refractivity contribution in [2.45, 2.75) is 6.54 Å². The van der Waals surface area contributed by atoms with Gasteiger partial charge in [-0.05, 0) is 29.8 Å². The number of pyridine rings is 1. The standard InChI is InChI=1S/C18H21N3O3/c22-18(23)14-24-17-5-3-15(4-6-17)13-20-8-10-21(11-9-20)16-2-1-7-19-12-16/h1-7,12H,8-11,13-14H2,(H,22,23). The van der Waals surface area contributed by atoms with E-state index in [0.29, 0.717) is 5.75 Å². The van der Waals surface area contributed by atoms with Crippen LogP contribution in [0.5, 0.6) is 5.75 Å². The largest absolute Gasteiger partial charge is 0.482 e. The third kappa shape index (κ3) is 4.45. The molecule has 0 saturated carbocycles. The third-order valence-electron chi connectivity index (χ3n) is 4.08. The number of benzene rings is 1. The van der Waals surface area contributed by atoms with E-state index in [9.17, 15) is 4.79 Å². The topological polar surface area (TPSA) is 65.9 Å². The minimum atomic E-state index is -0.967. The van der Waals surface area contributed by atoms with E-state index >= 15 is 0 Å². The Hall–Kier alpha value is -2.60. The molecule has 0 atom stereocenters. The molecule has 1 aromatic carbocycles. The summed E-state index contributed by atoms with van der Waals surface area (Å²) in [7, 11) is 0. The van der Waals surface area contributed by atoms with Gasteiger partial charge in [-0.15, -0.1) is 0 Å². The van der Waals surface area contributed by atoms with E-state index < -0.39 is 5.97 Å². The Morgan fingerprint density at radius 2 is 1.88 bits per heavy atom. The minimum absolute atomic E-state index is 0.310. The Kier molecular flexibility index (Phi) is 5.28. The normalized spacial score (nSPS) is 15.2. The molecule has 3 rings (SSSR count). The minimum Gasteiger partial charge on any atom is -0.482 e. The van der Waals surface area contributed by atoms with Gasteiger partial charge in [0.2, 0.25) is 0 Å². The summed E-state index contributed by atoms with van der Waals surface area (Å²) in [5.41, 5.74) is 2.38. The quantitative estimate of drug-likeness (QED) is 0.874. The van der Waals surface area contributed by atoms with E-state index in [-0.39, 0.29) is 6.61 Å². The molecule has 1 N–H and O–H groups in total. The van der Waals surface area contributed by atoms with Crippen molar-refractivity contribution in [3.05, 3.63) is 54.4 Å². The summed E-state index contributed by atoms with van der Waals surface area (Å²) >= 11 is 0. The van der Waals surface area contributed by atoms with E-state index in [4.69, 9.17) is 9.84 Å². The van der Waals surface area contributed by atoms with Gasteiger partial charge in [-0.2, -0.15) is 0 Å². The van der Waals surface area contributed by atoms with E-state index in [1.807, 2.05) is 36.5 Å². The molecule has 0 bridgehead atoms. The maximum absolute atomic E-state index is 10.5. The first kappa shape index (κ1) is 16.3. The Morgan fingerprint density at radius 1 is 1.12 bits per heavy atom. The molecule has 0 aliphatic carbocycles. The molecule has 6 nitrogen and oxygen atoms in total. The van der Waals surface area contributed by atoms with Crippen LogP contribution in [-0.2, 0) is 11.3 Å². The number of ether oxygens (including phenoxy) is 1. The van der Waals surface area contributed by atoms with E-state index in [0.717, 1.165) is 32.7 Å². The molecule has 1 fully saturated rings. The maximum atomic E-state index is 10.5. The Morgan fingerprint density at radius 3 is 2.50 bits per heavy atom. The number of aromatic nitrogens is 1. The highest BCUT2D eigenvalue weighted by molar-refractivity contribution is 5.68. The van der Waals surface area contributed by atoms with Crippen LogP contribution in [0.2, 0.25) is 0 Å². The predicted molar refractivity (Wildman–Crippen MR) is 91.3 cm³/mol. The van der Waals surface area contributed by atoms with Crippen LogP contribution < -0.4 is 9.64 Å². The van der Waals surface area contributed by atoms with Gasteiger partial charge >= 0.3 is 5.97 Å². The highest BCUT2D eigenvalue weighted by Crippen LogP contribution is 2.17. The van der Waals surface area contributed by atoms with Crippen molar-refractivity contribution < 1.29 is 14.6 Å². The molecule has 126 valence electrons. The number of carboxylic acids is 1. The molecule has 0 unspecified atom stereocenters. The molecule has 24 heavy (non-hydrogen) atoms. The zero-order valence-corrected chi connectivity index (χ0v) is 13.5. The van der Waals surface area contributed by atoms with E-state index in [1.165, 1.54) is 11.3 Å². The van der Waals surface area contributed by atoms with Gasteiger partial charge in [0.15, 0.2) is 6.61 Å². The van der Waals surface area contributed by atoms with Gasteiger partial charge in [0.05, 0.1) is 11.9 Å². The van der Waals surface area contributed by atoms with E-state index in [2.05, 4.69) is 20.9 Å². The number of carboxylic acid groups (broad SMARTS) is 1. The fourth-order valence-corrected chi connectivity index (χ4v) is 2.80. The highest BCUT2D eigenvalue weighted by Gasteiger charge is 2.17. The molecule has 0 amide bonds. The predicted octanol–water partition coefficient (Wildman–Crippen LogP) is 1.87. The van der Waals surface area contributed by atoms with Crippen molar-refractivity contribution in [3.63, 3.8) is 0 Å². The second-order valence-electron chi connectivity index (χ2n) is 5.80. The van der Waals surface area contributed by atoms with Gasteiger partial charge in [0.25, 0.3) is 0 Å². The van der Waals surface area contributed by atoms with Gasteiger partial charge in [0, 0.05) is 38.9 Å². The first-order valence-corrected chi connectivity index (χ1v) is 8.01. The lowest BCUT2D eigenvalue weighted by Crippen LogP contribution is -2.45. The van der Waals surface area contributed by atoms with Crippen LogP contribution in [0.15, 0.2) is 48.8 Å². The lowest BCUT2D eigenvalue weighted by Gasteiger charge is -2.35. The molecule has 1 aliphatic rings. The summed E-state index contributed by atoms with van der Waals surface area (Å²) in [5.74, 6) is -0.381. The molecule has 6 heteroatoms. The average Bonchev–Trinajstić information content (AvgIpc) is 2.62. The number of hydrogen-bond donors (Lipinski definition) is 1. The third-order valence-corrected chi connectivity index (χ3v) is 4.08. The van der Waals surface area contributed by atoms with Crippen molar-refractivity contribution in [3.8, 4) is 5.75 Å². The summed E-state index contributed by atoms with van der Waals surface area (Å²) in [6, 6.07) is 11.7. The number of carbonyl (C=O) groups is 1. The van der Waals surface area contributed by atoms with Crippen LogP contribution in [0.4, 0.5) is 5.69 Å². The first-order valence-electron chi connectivity index (χ1n) is 8.01. The van der Waals surface area contributed by atoms with Crippen LogP contribution in [0.25, 0.3) is 0 Å². The number of rotatable bonds is 6. The number of aliphatic carboxylic acids is 1. The zero-order valence-electron chi connectivity index (χ0n) is 13.5. The summed E-state index contributed by atoms with van der Waals surface area (Å²) in [5, 5.41) is 8.61. The highest BCUT2D eigenvalue weighted by atomic mass is 16.5. The van der Waals surface area contributed by atoms with Crippen LogP contribution in [0.1, 0.15) is 5.56 Å². The monoisotopic (exact) mass is 327 g/mol. The second-order valence-corrected chi connectivity index (χ2v) is 5.80. The smallest absolute Gasteiger partial charge is 0.341 e. The molecule has 2 heterocycles. The molecule has 0 spiro atoms. The molecule has 1 saturated heterocycles. The molecule has 1 aliphatic heterocycles. The summed E-state index contributed by atoms with van der Waals surface area (Å²) < 4.78 is 5.15. The number of hydrogen-bond acceptors (Lipinski definition) is 5. The van der Waals surface area contributed by atoms with Crippen molar-refractivity contribution >= 4 is 11.7 Å². The summed E-state index contributed by atoms with van der Waals surface area (Å²) in [4.78, 5) is 19.4. The van der Waals surface area contributed by atoms with Crippen molar-refractivity contribution in [1.29, 1.82) is 0 Å². The summed E-state index contributed by atoms with van der Waals surface area (Å²) in [6.45, 7) is 4.57. The number of anilines is 1. The van der Waals surface area contributed by atoms with Crippen LogP contribution in [-0.4, -0.2) is 53.7 Å². The number of nitrogens with zero attached hydrogens (tertiary/aromatic N) is 3. The van der Waals surface area contributed by atoms with Gasteiger partial charge in [0.1, 0.15) is 5.75 Å². The Balaban J connectivity index is 1.48. The number of piperazine rings is 1. The van der Waals surface area contributed by atoms with Crippen LogP contribution >= 0.6 is 0 Å². The molecular weight excluding hydrogens is 306 g/mol. The molecule has 2 aromatic rings.